The van der Waals surface area contributed by atoms with Gasteiger partial charge in [0.05, 0.1) is 30.2 Å². The van der Waals surface area contributed by atoms with Crippen molar-refractivity contribution in [2.75, 3.05) is 13.2 Å². The summed E-state index contributed by atoms with van der Waals surface area (Å²) in [5.74, 6) is 0.706. The van der Waals surface area contributed by atoms with E-state index in [2.05, 4.69) is 9.97 Å². The maximum absolute atomic E-state index is 11.6. The third-order valence-corrected chi connectivity index (χ3v) is 6.95. The lowest BCUT2D eigenvalue weighted by Gasteiger charge is -2.11. The lowest BCUT2D eigenvalue weighted by Crippen LogP contribution is -2.06. The minimum atomic E-state index is -0.752. The van der Waals surface area contributed by atoms with Gasteiger partial charge in [0.1, 0.15) is 10.8 Å². The molecule has 1 N–H and O–H groups in total. The predicted molar refractivity (Wildman–Crippen MR) is 125 cm³/mol. The minimum Gasteiger partial charge on any atom is -0.493 e. The highest BCUT2D eigenvalue weighted by atomic mass is 32.1. The number of hydrogen-bond acceptors (Lipinski definition) is 7. The lowest BCUT2D eigenvalue weighted by molar-refractivity contribution is -0.137. The predicted octanol–water partition coefficient (Wildman–Crippen LogP) is 5.07. The van der Waals surface area contributed by atoms with Gasteiger partial charge in [-0.25, -0.2) is 9.97 Å². The number of ketones is 1. The third kappa shape index (κ3) is 5.57. The Balaban J connectivity index is 1.23. The summed E-state index contributed by atoms with van der Waals surface area (Å²) in [5.41, 5.74) is 3.91. The van der Waals surface area contributed by atoms with Crippen molar-refractivity contribution in [1.29, 1.82) is 0 Å². The number of thiazole rings is 1. The molecule has 0 saturated carbocycles. The molecule has 33 heavy (non-hydrogen) atoms. The van der Waals surface area contributed by atoms with E-state index in [9.17, 15) is 9.59 Å². The van der Waals surface area contributed by atoms with Gasteiger partial charge in [-0.1, -0.05) is 6.07 Å². The molecule has 0 saturated heterocycles. The molecular formula is C25H26N2O5S. The van der Waals surface area contributed by atoms with Crippen LogP contribution < -0.4 is 9.47 Å². The van der Waals surface area contributed by atoms with Gasteiger partial charge in [-0.3, -0.25) is 9.59 Å². The van der Waals surface area contributed by atoms with Crippen LogP contribution in [0.2, 0.25) is 0 Å². The summed E-state index contributed by atoms with van der Waals surface area (Å²) in [6, 6.07) is 9.63. The second kappa shape index (κ2) is 10.1. The molecule has 0 spiro atoms. The number of Topliss-reactive ketones (excluding diaryl/α,β-unsaturated/α-hetero) is 1. The van der Waals surface area contributed by atoms with E-state index < -0.39 is 5.97 Å². The van der Waals surface area contributed by atoms with Gasteiger partial charge < -0.3 is 14.6 Å². The van der Waals surface area contributed by atoms with Gasteiger partial charge in [-0.2, -0.15) is 0 Å². The molecule has 0 radical (unpaired) electrons. The maximum atomic E-state index is 11.6. The van der Waals surface area contributed by atoms with Crippen LogP contribution in [-0.4, -0.2) is 40.0 Å². The topological polar surface area (TPSA) is 98.6 Å². The van der Waals surface area contributed by atoms with Crippen LogP contribution in [0.1, 0.15) is 58.6 Å². The van der Waals surface area contributed by atoms with E-state index >= 15 is 0 Å². The smallest absolute Gasteiger partial charge is 0.303 e. The Bertz CT molecular complexity index is 1160. The molecule has 2 aromatic heterocycles. The van der Waals surface area contributed by atoms with Crippen LogP contribution in [-0.2, 0) is 11.2 Å². The van der Waals surface area contributed by atoms with Gasteiger partial charge in [0.25, 0.3) is 0 Å². The highest BCUT2D eigenvalue weighted by molar-refractivity contribution is 7.17. The average molecular weight is 467 g/mol. The first-order valence-electron chi connectivity index (χ1n) is 11.0. The fraction of sp³-hybridized carbons (Fsp3) is 0.360. The Hall–Kier alpha value is -3.26. The van der Waals surface area contributed by atoms with Gasteiger partial charge in [0.15, 0.2) is 5.78 Å². The number of carbonyl (C=O) groups is 2. The normalized spacial score (nSPS) is 14.7. The molecule has 8 heteroatoms. The number of benzene rings is 1. The molecule has 0 amide bonds. The summed E-state index contributed by atoms with van der Waals surface area (Å²) < 4.78 is 11.6. The number of carbonyl (C=O) groups excluding carboxylic acids is 1. The molecule has 3 aromatic rings. The van der Waals surface area contributed by atoms with Crippen molar-refractivity contribution < 1.29 is 24.2 Å². The molecule has 172 valence electrons. The van der Waals surface area contributed by atoms with Gasteiger partial charge in [0.2, 0.25) is 5.88 Å². The monoisotopic (exact) mass is 466 g/mol. The fourth-order valence-electron chi connectivity index (χ4n) is 4.06. The van der Waals surface area contributed by atoms with Crippen molar-refractivity contribution in [3.05, 3.63) is 58.2 Å². The van der Waals surface area contributed by atoms with E-state index in [1.54, 1.807) is 19.2 Å². The molecule has 4 rings (SSSR count). The number of rotatable bonds is 10. The van der Waals surface area contributed by atoms with Crippen LogP contribution in [0.15, 0.2) is 36.5 Å². The zero-order chi connectivity index (χ0) is 23.4. The fourth-order valence-corrected chi connectivity index (χ4v) is 5.01. The Morgan fingerprint density at radius 1 is 1.18 bits per heavy atom. The number of fused-ring (bicyclic) bond motifs is 1. The average Bonchev–Trinajstić information content (AvgIpc) is 3.37. The molecule has 0 aliphatic heterocycles. The standard InChI is InChI=1S/C25H26N2O5S/c1-15-24(16(2)28)33-25(27-15)19-6-9-22(26-14-19)32-11-3-10-31-20-7-8-21-17(12-20)4-5-18(21)13-23(29)30/h6-9,12,14,18H,3-5,10-11,13H2,1-2H3,(H,29,30)/t18-/m0/s1. The molecule has 0 bridgehead atoms. The van der Waals surface area contributed by atoms with Crippen molar-refractivity contribution in [1.82, 2.24) is 9.97 Å². The van der Waals surface area contributed by atoms with Crippen molar-refractivity contribution in [3.63, 3.8) is 0 Å². The van der Waals surface area contributed by atoms with E-state index in [0.717, 1.165) is 40.4 Å². The second-order valence-electron chi connectivity index (χ2n) is 8.12. The Kier molecular flexibility index (Phi) is 7.03. The van der Waals surface area contributed by atoms with Gasteiger partial charge >= 0.3 is 5.97 Å². The number of carboxylic acids is 1. The Morgan fingerprint density at radius 2 is 2.00 bits per heavy atom. The number of aliphatic carboxylic acids is 1. The summed E-state index contributed by atoms with van der Waals surface area (Å²) in [5, 5.41) is 9.82. The van der Waals surface area contributed by atoms with E-state index in [4.69, 9.17) is 14.6 Å². The summed E-state index contributed by atoms with van der Waals surface area (Å²) in [6.07, 6.45) is 4.37. The number of aryl methyl sites for hydroxylation is 2. The van der Waals surface area contributed by atoms with Crippen LogP contribution in [0.5, 0.6) is 11.6 Å². The first-order chi connectivity index (χ1) is 15.9. The van der Waals surface area contributed by atoms with Crippen molar-refractivity contribution in [3.8, 4) is 22.2 Å². The van der Waals surface area contributed by atoms with Gasteiger partial charge in [-0.05, 0) is 55.0 Å². The zero-order valence-electron chi connectivity index (χ0n) is 18.7. The molecule has 1 atom stereocenters. The van der Waals surface area contributed by atoms with Crippen LogP contribution in [0.3, 0.4) is 0 Å². The SMILES string of the molecule is CC(=O)c1sc(-c2ccc(OCCCOc3ccc4c(c3)CC[C@H]4CC(=O)O)nc2)nc1C. The largest absolute Gasteiger partial charge is 0.493 e. The zero-order valence-corrected chi connectivity index (χ0v) is 19.5. The van der Waals surface area contributed by atoms with Crippen molar-refractivity contribution >= 4 is 23.1 Å². The summed E-state index contributed by atoms with van der Waals surface area (Å²) in [4.78, 5) is 32.1. The summed E-state index contributed by atoms with van der Waals surface area (Å²) >= 11 is 1.37. The molecule has 0 fully saturated rings. The van der Waals surface area contributed by atoms with Crippen LogP contribution in [0.25, 0.3) is 10.6 Å². The van der Waals surface area contributed by atoms with E-state index in [1.807, 2.05) is 31.2 Å². The third-order valence-electron chi connectivity index (χ3n) is 5.64. The van der Waals surface area contributed by atoms with Crippen molar-refractivity contribution in [2.45, 2.75) is 45.4 Å². The van der Waals surface area contributed by atoms with E-state index in [1.165, 1.54) is 16.9 Å². The van der Waals surface area contributed by atoms with Gasteiger partial charge in [0, 0.05) is 31.2 Å². The molecule has 0 unspecified atom stereocenters. The number of nitrogens with zero attached hydrogens (tertiary/aromatic N) is 2. The number of aromatic nitrogens is 2. The maximum Gasteiger partial charge on any atom is 0.303 e. The number of carboxylic acid groups (broad SMARTS) is 1. The van der Waals surface area contributed by atoms with Crippen molar-refractivity contribution in [2.24, 2.45) is 0 Å². The van der Waals surface area contributed by atoms with Crippen LogP contribution in [0.4, 0.5) is 0 Å². The quantitative estimate of drug-likeness (QED) is 0.329. The highest BCUT2D eigenvalue weighted by Gasteiger charge is 2.24. The molecule has 1 aliphatic rings. The summed E-state index contributed by atoms with van der Waals surface area (Å²) in [6.45, 7) is 4.37. The van der Waals surface area contributed by atoms with E-state index in [0.29, 0.717) is 30.4 Å². The molecular weight excluding hydrogens is 440 g/mol. The molecule has 7 nitrogen and oxygen atoms in total. The van der Waals surface area contributed by atoms with Crippen LogP contribution >= 0.6 is 11.3 Å². The number of hydrogen-bond donors (Lipinski definition) is 1. The first kappa shape index (κ1) is 22.9. The lowest BCUT2D eigenvalue weighted by atomic mass is 9.98. The summed E-state index contributed by atoms with van der Waals surface area (Å²) in [7, 11) is 0. The minimum absolute atomic E-state index is 0.0219. The molecule has 2 heterocycles. The Labute approximate surface area is 196 Å². The highest BCUT2D eigenvalue weighted by Crippen LogP contribution is 2.37. The number of ether oxygens (including phenoxy) is 2. The number of pyridine rings is 1. The Morgan fingerprint density at radius 3 is 2.70 bits per heavy atom. The molecule has 1 aliphatic carbocycles. The molecule has 1 aromatic carbocycles. The first-order valence-corrected chi connectivity index (χ1v) is 11.8. The van der Waals surface area contributed by atoms with E-state index in [-0.39, 0.29) is 18.1 Å². The second-order valence-corrected chi connectivity index (χ2v) is 9.12. The van der Waals surface area contributed by atoms with Crippen LogP contribution in [0, 0.1) is 6.92 Å². The van der Waals surface area contributed by atoms with Gasteiger partial charge in [-0.15, -0.1) is 11.3 Å².